The van der Waals surface area contributed by atoms with Crippen LogP contribution in [0.1, 0.15) is 19.3 Å². The van der Waals surface area contributed by atoms with Crippen LogP contribution >= 0.6 is 0 Å². The smallest absolute Gasteiger partial charge is 0.311 e. The van der Waals surface area contributed by atoms with Crippen LogP contribution in [0.5, 0.6) is 0 Å². The molecule has 0 spiro atoms. The number of ether oxygens (including phenoxy) is 2. The van der Waals surface area contributed by atoms with Crippen LogP contribution in [-0.2, 0) is 14.3 Å². The lowest BCUT2D eigenvalue weighted by atomic mass is 9.74. The Morgan fingerprint density at radius 1 is 1.29 bits per heavy atom. The number of rotatable bonds is 2. The summed E-state index contributed by atoms with van der Waals surface area (Å²) in [6, 6.07) is 0. The molecule has 2 aliphatic rings. The molecule has 0 aromatic heterocycles. The number of carbonyl (C=O) groups excluding carboxylic acids is 1. The minimum absolute atomic E-state index is 0. The Morgan fingerprint density at radius 3 is 2.65 bits per heavy atom. The fraction of sp³-hybridized carbons (Fsp3) is 0.917. The van der Waals surface area contributed by atoms with Gasteiger partial charge >= 0.3 is 5.97 Å². The van der Waals surface area contributed by atoms with E-state index in [1.54, 1.807) is 0 Å². The lowest BCUT2D eigenvalue weighted by Crippen LogP contribution is -3.00. The summed E-state index contributed by atoms with van der Waals surface area (Å²) in [5, 5.41) is 2.36. The Balaban J connectivity index is 0.00000144. The standard InChI is InChI=1S/C12H21NO3.ClH/c1-15-12(14)11-8-16-7-4-10(11)9-2-5-13-6-3-9;/h9-11,13H,2-8H2,1H3;1H/t10-,11-;/m1./s1. The topological polar surface area (TPSA) is 52.1 Å². The second kappa shape index (κ2) is 7.19. The second-order valence-corrected chi connectivity index (χ2v) is 4.86. The zero-order valence-electron chi connectivity index (χ0n) is 10.4. The summed E-state index contributed by atoms with van der Waals surface area (Å²) in [5.74, 6) is 1.06. The van der Waals surface area contributed by atoms with E-state index < -0.39 is 0 Å². The molecular weight excluding hydrogens is 242 g/mol. The summed E-state index contributed by atoms with van der Waals surface area (Å²) < 4.78 is 10.3. The van der Waals surface area contributed by atoms with Crippen molar-refractivity contribution in [3.8, 4) is 0 Å². The van der Waals surface area contributed by atoms with Crippen molar-refractivity contribution in [1.29, 1.82) is 0 Å². The van der Waals surface area contributed by atoms with Gasteiger partial charge in [0, 0.05) is 6.61 Å². The number of esters is 1. The van der Waals surface area contributed by atoms with Crippen molar-refractivity contribution in [1.82, 2.24) is 0 Å². The van der Waals surface area contributed by atoms with Gasteiger partial charge < -0.3 is 27.2 Å². The van der Waals surface area contributed by atoms with Gasteiger partial charge in [-0.15, -0.1) is 0 Å². The lowest BCUT2D eigenvalue weighted by molar-refractivity contribution is -0.665. The summed E-state index contributed by atoms with van der Waals surface area (Å²) in [5.41, 5.74) is 0. The average Bonchev–Trinajstić information content (AvgIpc) is 2.39. The predicted octanol–water partition coefficient (Wildman–Crippen LogP) is -3.21. The first-order valence-corrected chi connectivity index (χ1v) is 6.30. The van der Waals surface area contributed by atoms with Crippen LogP contribution in [0.2, 0.25) is 0 Å². The van der Waals surface area contributed by atoms with E-state index >= 15 is 0 Å². The van der Waals surface area contributed by atoms with Gasteiger partial charge in [0.1, 0.15) is 0 Å². The molecule has 0 radical (unpaired) electrons. The fourth-order valence-corrected chi connectivity index (χ4v) is 3.09. The molecule has 0 aromatic carbocycles. The van der Waals surface area contributed by atoms with E-state index in [0.717, 1.165) is 13.0 Å². The van der Waals surface area contributed by atoms with E-state index in [1.165, 1.54) is 33.0 Å². The Kier molecular flexibility index (Phi) is 6.23. The van der Waals surface area contributed by atoms with Crippen molar-refractivity contribution in [2.75, 3.05) is 33.4 Å². The van der Waals surface area contributed by atoms with Crippen LogP contribution in [0.4, 0.5) is 0 Å². The third-order valence-corrected chi connectivity index (χ3v) is 4.00. The highest BCUT2D eigenvalue weighted by atomic mass is 35.5. The third-order valence-electron chi connectivity index (χ3n) is 4.00. The molecule has 2 N–H and O–H groups in total. The van der Waals surface area contributed by atoms with Gasteiger partial charge in [-0.2, -0.15) is 0 Å². The van der Waals surface area contributed by atoms with Crippen LogP contribution in [0, 0.1) is 17.8 Å². The van der Waals surface area contributed by atoms with Crippen molar-refractivity contribution in [2.45, 2.75) is 19.3 Å². The Labute approximate surface area is 109 Å². The van der Waals surface area contributed by atoms with Gasteiger partial charge in [0.2, 0.25) is 0 Å². The first-order chi connectivity index (χ1) is 7.83. The normalized spacial score (nSPS) is 30.4. The van der Waals surface area contributed by atoms with E-state index in [9.17, 15) is 4.79 Å². The predicted molar refractivity (Wildman–Crippen MR) is 58.8 cm³/mol. The molecule has 0 aromatic rings. The number of carbonyl (C=O) groups is 1. The number of methoxy groups -OCH3 is 1. The van der Waals surface area contributed by atoms with Crippen LogP contribution < -0.4 is 17.7 Å². The molecule has 0 bridgehead atoms. The Hall–Kier alpha value is -0.320. The molecule has 0 amide bonds. The molecule has 2 rings (SSSR count). The van der Waals surface area contributed by atoms with Crippen LogP contribution in [0.15, 0.2) is 0 Å². The molecular formula is C12H22ClNO3. The summed E-state index contributed by atoms with van der Waals surface area (Å²) in [4.78, 5) is 11.7. The summed E-state index contributed by atoms with van der Waals surface area (Å²) in [7, 11) is 1.47. The number of nitrogens with two attached hydrogens (primary N) is 1. The second-order valence-electron chi connectivity index (χ2n) is 4.86. The summed E-state index contributed by atoms with van der Waals surface area (Å²) >= 11 is 0. The van der Waals surface area contributed by atoms with Crippen molar-refractivity contribution in [3.05, 3.63) is 0 Å². The molecule has 0 saturated carbocycles. The summed E-state index contributed by atoms with van der Waals surface area (Å²) in [6.45, 7) is 3.77. The van der Waals surface area contributed by atoms with Crippen molar-refractivity contribution < 1.29 is 32.0 Å². The number of halogens is 1. The first kappa shape index (κ1) is 14.7. The van der Waals surface area contributed by atoms with Gasteiger partial charge in [0.05, 0.1) is 32.7 Å². The van der Waals surface area contributed by atoms with Gasteiger partial charge in [-0.1, -0.05) is 0 Å². The molecule has 0 aliphatic carbocycles. The van der Waals surface area contributed by atoms with Gasteiger partial charge in [0.25, 0.3) is 0 Å². The van der Waals surface area contributed by atoms with E-state index in [-0.39, 0.29) is 24.3 Å². The molecule has 2 aliphatic heterocycles. The maximum Gasteiger partial charge on any atom is 0.311 e. The van der Waals surface area contributed by atoms with E-state index in [4.69, 9.17) is 9.47 Å². The largest absolute Gasteiger partial charge is 1.00 e. The third kappa shape index (κ3) is 3.57. The highest BCUT2D eigenvalue weighted by molar-refractivity contribution is 5.72. The molecule has 2 atom stereocenters. The minimum atomic E-state index is -0.0840. The quantitative estimate of drug-likeness (QED) is 0.534. The minimum Gasteiger partial charge on any atom is -1.00 e. The van der Waals surface area contributed by atoms with Crippen LogP contribution in [-0.4, -0.2) is 39.4 Å². The van der Waals surface area contributed by atoms with Crippen molar-refractivity contribution >= 4 is 5.97 Å². The average molecular weight is 264 g/mol. The number of hydrogen-bond acceptors (Lipinski definition) is 3. The Morgan fingerprint density at radius 2 is 2.00 bits per heavy atom. The van der Waals surface area contributed by atoms with Crippen LogP contribution in [0.25, 0.3) is 0 Å². The monoisotopic (exact) mass is 263 g/mol. The van der Waals surface area contributed by atoms with Crippen molar-refractivity contribution in [3.63, 3.8) is 0 Å². The fourth-order valence-electron chi connectivity index (χ4n) is 3.09. The molecule has 100 valence electrons. The molecule has 0 unspecified atom stereocenters. The van der Waals surface area contributed by atoms with Crippen LogP contribution in [0.3, 0.4) is 0 Å². The molecule has 2 heterocycles. The van der Waals surface area contributed by atoms with E-state index in [1.807, 2.05) is 0 Å². The van der Waals surface area contributed by atoms with E-state index in [2.05, 4.69) is 5.32 Å². The van der Waals surface area contributed by atoms with Gasteiger partial charge in [-0.25, -0.2) is 0 Å². The molecule has 17 heavy (non-hydrogen) atoms. The van der Waals surface area contributed by atoms with Gasteiger partial charge in [0.15, 0.2) is 0 Å². The van der Waals surface area contributed by atoms with Gasteiger partial charge in [-0.05, 0) is 31.1 Å². The van der Waals surface area contributed by atoms with Gasteiger partial charge in [-0.3, -0.25) is 4.79 Å². The molecule has 2 fully saturated rings. The molecule has 4 nitrogen and oxygen atoms in total. The SMILES string of the molecule is COC(=O)[C@@H]1COCC[C@@H]1C1CC[NH2+]CC1.[Cl-]. The number of piperidine rings is 1. The lowest BCUT2D eigenvalue weighted by Gasteiger charge is -2.36. The first-order valence-electron chi connectivity index (χ1n) is 6.30. The zero-order chi connectivity index (χ0) is 11.4. The highest BCUT2D eigenvalue weighted by Crippen LogP contribution is 2.33. The zero-order valence-corrected chi connectivity index (χ0v) is 11.1. The number of quaternary nitrogens is 1. The maximum absolute atomic E-state index is 11.7. The van der Waals surface area contributed by atoms with Crippen molar-refractivity contribution in [2.24, 2.45) is 17.8 Å². The number of hydrogen-bond donors (Lipinski definition) is 1. The summed E-state index contributed by atoms with van der Waals surface area (Å²) in [6.07, 6.45) is 3.49. The molecule has 5 heteroatoms. The highest BCUT2D eigenvalue weighted by Gasteiger charge is 2.38. The van der Waals surface area contributed by atoms with E-state index in [0.29, 0.717) is 18.4 Å². The maximum atomic E-state index is 11.7. The molecule has 2 saturated heterocycles. The Bertz CT molecular complexity index is 244.